The van der Waals surface area contributed by atoms with Gasteiger partial charge in [0.05, 0.1) is 0 Å². The molecule has 3 heteroatoms. The quantitative estimate of drug-likeness (QED) is 0.845. The third-order valence-electron chi connectivity index (χ3n) is 5.86. The van der Waals surface area contributed by atoms with Gasteiger partial charge < -0.3 is 15.0 Å². The normalized spacial score (nSPS) is 38.5. The van der Waals surface area contributed by atoms with Gasteiger partial charge in [-0.3, -0.25) is 0 Å². The van der Waals surface area contributed by atoms with Crippen molar-refractivity contribution in [1.29, 1.82) is 0 Å². The molecule has 3 rings (SSSR count). The zero-order valence-corrected chi connectivity index (χ0v) is 12.6. The second-order valence-electron chi connectivity index (χ2n) is 6.82. The lowest BCUT2D eigenvalue weighted by atomic mass is 9.77. The Kier molecular flexibility index (Phi) is 4.45. The van der Waals surface area contributed by atoms with Crippen LogP contribution in [0.1, 0.15) is 45.4 Å². The third-order valence-corrected chi connectivity index (χ3v) is 5.86. The highest BCUT2D eigenvalue weighted by Gasteiger charge is 2.42. The minimum Gasteiger partial charge on any atom is -0.381 e. The van der Waals surface area contributed by atoms with Crippen molar-refractivity contribution in [2.45, 2.75) is 63.6 Å². The van der Waals surface area contributed by atoms with Gasteiger partial charge in [0, 0.05) is 31.3 Å². The van der Waals surface area contributed by atoms with E-state index in [-0.39, 0.29) is 0 Å². The second kappa shape index (κ2) is 6.11. The fourth-order valence-corrected chi connectivity index (χ4v) is 4.78. The van der Waals surface area contributed by atoms with Crippen molar-refractivity contribution < 1.29 is 4.74 Å². The van der Waals surface area contributed by atoms with Gasteiger partial charge >= 0.3 is 0 Å². The molecule has 3 fully saturated rings. The summed E-state index contributed by atoms with van der Waals surface area (Å²) in [5.74, 6) is 1.75. The van der Waals surface area contributed by atoms with Gasteiger partial charge in [-0.25, -0.2) is 0 Å². The number of rotatable bonds is 4. The average Bonchev–Trinajstić information content (AvgIpc) is 2.67. The Morgan fingerprint density at radius 1 is 1.05 bits per heavy atom. The maximum absolute atomic E-state index is 5.55. The Morgan fingerprint density at radius 3 is 2.26 bits per heavy atom. The summed E-state index contributed by atoms with van der Waals surface area (Å²) < 4.78 is 5.55. The maximum atomic E-state index is 5.55. The fraction of sp³-hybridized carbons (Fsp3) is 1.00. The van der Waals surface area contributed by atoms with Crippen LogP contribution in [-0.2, 0) is 4.74 Å². The van der Waals surface area contributed by atoms with E-state index >= 15 is 0 Å². The van der Waals surface area contributed by atoms with Crippen LogP contribution in [0.4, 0.5) is 0 Å². The molecular weight excluding hydrogens is 236 g/mol. The monoisotopic (exact) mass is 266 g/mol. The summed E-state index contributed by atoms with van der Waals surface area (Å²) in [6.45, 7) is 5.33. The Balaban J connectivity index is 1.66. The summed E-state index contributed by atoms with van der Waals surface area (Å²) in [5.41, 5.74) is 0. The molecule has 1 N–H and O–H groups in total. The van der Waals surface area contributed by atoms with Crippen LogP contribution in [0.2, 0.25) is 0 Å². The smallest absolute Gasteiger partial charge is 0.0469 e. The number of ether oxygens (including phenoxy) is 1. The summed E-state index contributed by atoms with van der Waals surface area (Å²) in [7, 11) is 2.34. The SMILES string of the molecule is CCNC(C1CCOCC1)C1CC2CCC(C1)N2C. The number of fused-ring (bicyclic) bond motifs is 2. The van der Waals surface area contributed by atoms with Crippen molar-refractivity contribution in [2.75, 3.05) is 26.8 Å². The van der Waals surface area contributed by atoms with Crippen molar-refractivity contribution in [3.8, 4) is 0 Å². The minimum absolute atomic E-state index is 0.741. The first-order chi connectivity index (χ1) is 9.29. The molecule has 0 aromatic carbocycles. The average molecular weight is 266 g/mol. The van der Waals surface area contributed by atoms with Gasteiger partial charge in [0.25, 0.3) is 0 Å². The standard InChI is InChI=1S/C16H30N2O/c1-3-17-16(12-6-8-19-9-7-12)13-10-14-4-5-15(11-13)18(14)2/h12-17H,3-11H2,1-2H3. The molecule has 3 aliphatic heterocycles. The Labute approximate surface area is 118 Å². The van der Waals surface area contributed by atoms with Gasteiger partial charge in [-0.2, -0.15) is 0 Å². The van der Waals surface area contributed by atoms with E-state index in [4.69, 9.17) is 4.74 Å². The molecule has 0 aromatic rings. The van der Waals surface area contributed by atoms with Crippen molar-refractivity contribution in [1.82, 2.24) is 10.2 Å². The Hall–Kier alpha value is -0.120. The van der Waals surface area contributed by atoms with Crippen LogP contribution < -0.4 is 5.32 Å². The van der Waals surface area contributed by atoms with Crippen LogP contribution in [0.3, 0.4) is 0 Å². The third kappa shape index (κ3) is 2.84. The predicted octanol–water partition coefficient (Wildman–Crippen LogP) is 2.26. The molecule has 0 radical (unpaired) electrons. The first-order valence-electron chi connectivity index (χ1n) is 8.32. The van der Waals surface area contributed by atoms with Gasteiger partial charge in [0.15, 0.2) is 0 Å². The van der Waals surface area contributed by atoms with Gasteiger partial charge in [-0.1, -0.05) is 6.92 Å². The first-order valence-corrected chi connectivity index (χ1v) is 8.32. The molecule has 3 atom stereocenters. The highest BCUT2D eigenvalue weighted by Crippen LogP contribution is 2.41. The topological polar surface area (TPSA) is 24.5 Å². The molecule has 3 heterocycles. The van der Waals surface area contributed by atoms with Crippen LogP contribution in [-0.4, -0.2) is 49.8 Å². The van der Waals surface area contributed by atoms with Crippen LogP contribution in [0.5, 0.6) is 0 Å². The summed E-state index contributed by atoms with van der Waals surface area (Å²) in [6, 6.07) is 2.47. The van der Waals surface area contributed by atoms with E-state index in [1.165, 1.54) is 38.5 Å². The van der Waals surface area contributed by atoms with Crippen molar-refractivity contribution in [3.63, 3.8) is 0 Å². The molecule has 3 unspecified atom stereocenters. The maximum Gasteiger partial charge on any atom is 0.0469 e. The lowest BCUT2D eigenvalue weighted by Crippen LogP contribution is -2.50. The van der Waals surface area contributed by atoms with Crippen LogP contribution in [0, 0.1) is 11.8 Å². The van der Waals surface area contributed by atoms with Crippen molar-refractivity contribution >= 4 is 0 Å². The molecule has 0 aromatic heterocycles. The van der Waals surface area contributed by atoms with Gasteiger partial charge in [-0.05, 0) is 64.0 Å². The lowest BCUT2D eigenvalue weighted by molar-refractivity contribution is 0.0287. The molecule has 3 saturated heterocycles. The molecule has 3 aliphatic rings. The first kappa shape index (κ1) is 13.8. The highest BCUT2D eigenvalue weighted by atomic mass is 16.5. The number of piperidine rings is 1. The van der Waals surface area contributed by atoms with Crippen LogP contribution in [0.15, 0.2) is 0 Å². The largest absolute Gasteiger partial charge is 0.381 e. The number of hydrogen-bond donors (Lipinski definition) is 1. The molecule has 3 nitrogen and oxygen atoms in total. The van der Waals surface area contributed by atoms with E-state index in [1.807, 2.05) is 0 Å². The van der Waals surface area contributed by atoms with Crippen LogP contribution >= 0.6 is 0 Å². The summed E-state index contributed by atoms with van der Waals surface area (Å²) >= 11 is 0. The minimum atomic E-state index is 0.741. The van der Waals surface area contributed by atoms with E-state index in [1.54, 1.807) is 0 Å². The molecule has 2 bridgehead atoms. The zero-order valence-electron chi connectivity index (χ0n) is 12.6. The highest BCUT2D eigenvalue weighted by molar-refractivity contribution is 4.98. The zero-order chi connectivity index (χ0) is 13.2. The molecule has 0 amide bonds. The number of nitrogens with zero attached hydrogens (tertiary/aromatic N) is 1. The summed E-state index contributed by atoms with van der Waals surface area (Å²) in [6.07, 6.45) is 8.23. The molecule has 0 aliphatic carbocycles. The Morgan fingerprint density at radius 2 is 1.68 bits per heavy atom. The Bertz CT molecular complexity index is 276. The van der Waals surface area contributed by atoms with E-state index in [2.05, 4.69) is 24.2 Å². The van der Waals surface area contributed by atoms with E-state index in [0.29, 0.717) is 0 Å². The fourth-order valence-electron chi connectivity index (χ4n) is 4.78. The summed E-state index contributed by atoms with van der Waals surface area (Å²) in [4.78, 5) is 2.66. The van der Waals surface area contributed by atoms with E-state index < -0.39 is 0 Å². The van der Waals surface area contributed by atoms with Crippen molar-refractivity contribution in [3.05, 3.63) is 0 Å². The molecular formula is C16H30N2O. The van der Waals surface area contributed by atoms with Crippen molar-refractivity contribution in [2.24, 2.45) is 11.8 Å². The molecule has 19 heavy (non-hydrogen) atoms. The number of hydrogen-bond acceptors (Lipinski definition) is 3. The lowest BCUT2D eigenvalue weighted by Gasteiger charge is -2.43. The molecule has 110 valence electrons. The van der Waals surface area contributed by atoms with Gasteiger partial charge in [0.1, 0.15) is 0 Å². The number of nitrogens with one attached hydrogen (secondary N) is 1. The predicted molar refractivity (Wildman–Crippen MR) is 78.3 cm³/mol. The van der Waals surface area contributed by atoms with E-state index in [0.717, 1.165) is 49.7 Å². The van der Waals surface area contributed by atoms with Gasteiger partial charge in [-0.15, -0.1) is 0 Å². The second-order valence-corrected chi connectivity index (χ2v) is 6.82. The molecule has 0 spiro atoms. The van der Waals surface area contributed by atoms with Crippen LogP contribution in [0.25, 0.3) is 0 Å². The summed E-state index contributed by atoms with van der Waals surface area (Å²) in [5, 5.41) is 3.83. The van der Waals surface area contributed by atoms with E-state index in [9.17, 15) is 0 Å². The molecule has 0 saturated carbocycles. The van der Waals surface area contributed by atoms with Gasteiger partial charge in [0.2, 0.25) is 0 Å².